The molecule has 2 aromatic rings. The number of nitrogens with zero attached hydrogens (tertiary/aromatic N) is 2. The summed E-state index contributed by atoms with van der Waals surface area (Å²) in [5, 5.41) is 6.91. The van der Waals surface area contributed by atoms with Gasteiger partial charge in [0.2, 0.25) is 0 Å². The highest BCUT2D eigenvalue weighted by atomic mass is 32.1. The summed E-state index contributed by atoms with van der Waals surface area (Å²) in [6, 6.07) is 5.61. The molecular formula is C11H13N3O2S. The predicted octanol–water partition coefficient (Wildman–Crippen LogP) is 2.16. The van der Waals surface area contributed by atoms with Gasteiger partial charge in [0.05, 0.1) is 14.2 Å². The molecule has 2 rings (SSSR count). The van der Waals surface area contributed by atoms with Gasteiger partial charge in [-0.05, 0) is 30.4 Å². The third-order valence-electron chi connectivity index (χ3n) is 2.52. The minimum absolute atomic E-state index is 0.579. The minimum atomic E-state index is 0.579. The first-order valence-electron chi connectivity index (χ1n) is 5.01. The van der Waals surface area contributed by atoms with Crippen LogP contribution >= 0.6 is 12.2 Å². The monoisotopic (exact) mass is 251 g/mol. The van der Waals surface area contributed by atoms with Crippen molar-refractivity contribution >= 4 is 12.2 Å². The van der Waals surface area contributed by atoms with Crippen molar-refractivity contribution in [1.29, 1.82) is 0 Å². The average molecular weight is 251 g/mol. The van der Waals surface area contributed by atoms with Gasteiger partial charge in [-0.2, -0.15) is 5.10 Å². The zero-order valence-corrected chi connectivity index (χ0v) is 10.7. The van der Waals surface area contributed by atoms with Crippen LogP contribution in [0.5, 0.6) is 11.5 Å². The smallest absolute Gasteiger partial charge is 0.195 e. The molecule has 1 heterocycles. The SMILES string of the molecule is COc1ccc(-c2n[nH]c(=S)n2C)cc1OC. The molecule has 1 aromatic heterocycles. The maximum absolute atomic E-state index is 5.25. The highest BCUT2D eigenvalue weighted by Gasteiger charge is 2.10. The van der Waals surface area contributed by atoms with Crippen LogP contribution in [-0.4, -0.2) is 29.0 Å². The van der Waals surface area contributed by atoms with E-state index in [4.69, 9.17) is 21.7 Å². The molecule has 6 heteroatoms. The Morgan fingerprint density at radius 1 is 1.24 bits per heavy atom. The van der Waals surface area contributed by atoms with Crippen molar-refractivity contribution in [1.82, 2.24) is 14.8 Å². The lowest BCUT2D eigenvalue weighted by molar-refractivity contribution is 0.355. The van der Waals surface area contributed by atoms with Crippen molar-refractivity contribution in [2.75, 3.05) is 14.2 Å². The summed E-state index contributed by atoms with van der Waals surface area (Å²) < 4.78 is 12.8. The van der Waals surface area contributed by atoms with Crippen LogP contribution in [0.2, 0.25) is 0 Å². The van der Waals surface area contributed by atoms with Crippen molar-refractivity contribution in [2.24, 2.45) is 7.05 Å². The molecule has 0 saturated carbocycles. The zero-order valence-electron chi connectivity index (χ0n) is 9.85. The molecule has 0 saturated heterocycles. The highest BCUT2D eigenvalue weighted by molar-refractivity contribution is 7.71. The first-order valence-corrected chi connectivity index (χ1v) is 5.42. The number of aromatic amines is 1. The predicted molar refractivity (Wildman–Crippen MR) is 66.9 cm³/mol. The second kappa shape index (κ2) is 4.58. The summed E-state index contributed by atoms with van der Waals surface area (Å²) in [6.07, 6.45) is 0. The fourth-order valence-electron chi connectivity index (χ4n) is 1.58. The molecule has 0 aliphatic carbocycles. The quantitative estimate of drug-likeness (QED) is 0.849. The lowest BCUT2D eigenvalue weighted by Gasteiger charge is -2.08. The van der Waals surface area contributed by atoms with Gasteiger partial charge >= 0.3 is 0 Å². The summed E-state index contributed by atoms with van der Waals surface area (Å²) >= 11 is 5.07. The Morgan fingerprint density at radius 2 is 1.94 bits per heavy atom. The maximum atomic E-state index is 5.25. The standard InChI is InChI=1S/C11H13N3O2S/c1-14-10(12-13-11(14)17)7-4-5-8(15-2)9(6-7)16-3/h4-6H,1-3H3,(H,13,17). The largest absolute Gasteiger partial charge is 0.493 e. The van der Waals surface area contributed by atoms with Gasteiger partial charge in [0.15, 0.2) is 22.1 Å². The number of H-pyrrole nitrogens is 1. The van der Waals surface area contributed by atoms with Gasteiger partial charge in [-0.3, -0.25) is 5.10 Å². The summed E-state index contributed by atoms with van der Waals surface area (Å²) in [6.45, 7) is 0. The Kier molecular flexibility index (Phi) is 3.14. The van der Waals surface area contributed by atoms with Gasteiger partial charge in [0, 0.05) is 12.6 Å². The van der Waals surface area contributed by atoms with E-state index in [1.54, 1.807) is 18.8 Å². The number of ether oxygens (including phenoxy) is 2. The first kappa shape index (κ1) is 11.7. The van der Waals surface area contributed by atoms with Crippen LogP contribution < -0.4 is 9.47 Å². The molecule has 0 radical (unpaired) electrons. The van der Waals surface area contributed by atoms with Gasteiger partial charge in [-0.1, -0.05) is 0 Å². The molecular weight excluding hydrogens is 238 g/mol. The normalized spacial score (nSPS) is 10.3. The van der Waals surface area contributed by atoms with Crippen molar-refractivity contribution < 1.29 is 9.47 Å². The van der Waals surface area contributed by atoms with E-state index in [2.05, 4.69) is 10.2 Å². The van der Waals surface area contributed by atoms with Gasteiger partial charge < -0.3 is 14.0 Å². The number of rotatable bonds is 3. The van der Waals surface area contributed by atoms with E-state index in [9.17, 15) is 0 Å². The molecule has 0 aliphatic rings. The number of benzene rings is 1. The molecule has 17 heavy (non-hydrogen) atoms. The van der Waals surface area contributed by atoms with E-state index in [0.29, 0.717) is 16.3 Å². The lowest BCUT2D eigenvalue weighted by atomic mass is 10.2. The summed E-state index contributed by atoms with van der Waals surface area (Å²) in [5.74, 6) is 2.11. The van der Waals surface area contributed by atoms with Crippen LogP contribution in [0.15, 0.2) is 18.2 Å². The molecule has 0 amide bonds. The minimum Gasteiger partial charge on any atom is -0.493 e. The fraction of sp³-hybridized carbons (Fsp3) is 0.273. The van der Waals surface area contributed by atoms with E-state index in [1.807, 2.05) is 25.2 Å². The van der Waals surface area contributed by atoms with Crippen LogP contribution in [0.3, 0.4) is 0 Å². The maximum Gasteiger partial charge on any atom is 0.195 e. The third-order valence-corrected chi connectivity index (χ3v) is 2.89. The number of methoxy groups -OCH3 is 2. The Labute approximate surface area is 104 Å². The Balaban J connectivity index is 2.54. The molecule has 90 valence electrons. The molecule has 0 fully saturated rings. The van der Waals surface area contributed by atoms with Crippen LogP contribution in [-0.2, 0) is 7.05 Å². The molecule has 5 nitrogen and oxygen atoms in total. The summed E-state index contributed by atoms with van der Waals surface area (Å²) in [4.78, 5) is 0. The van der Waals surface area contributed by atoms with E-state index in [0.717, 1.165) is 11.4 Å². The lowest BCUT2D eigenvalue weighted by Crippen LogP contribution is -1.95. The molecule has 0 aliphatic heterocycles. The van der Waals surface area contributed by atoms with E-state index in [1.165, 1.54) is 0 Å². The molecule has 0 atom stereocenters. The fourth-order valence-corrected chi connectivity index (χ4v) is 1.71. The highest BCUT2D eigenvalue weighted by Crippen LogP contribution is 2.31. The molecule has 0 unspecified atom stereocenters. The number of nitrogens with one attached hydrogen (secondary N) is 1. The van der Waals surface area contributed by atoms with Crippen LogP contribution in [0, 0.1) is 4.77 Å². The van der Waals surface area contributed by atoms with Gasteiger partial charge in [0.25, 0.3) is 0 Å². The van der Waals surface area contributed by atoms with Gasteiger partial charge in [-0.25, -0.2) is 0 Å². The van der Waals surface area contributed by atoms with E-state index >= 15 is 0 Å². The number of aromatic nitrogens is 3. The zero-order chi connectivity index (χ0) is 12.4. The Morgan fingerprint density at radius 3 is 2.47 bits per heavy atom. The summed E-state index contributed by atoms with van der Waals surface area (Å²) in [7, 11) is 5.07. The Bertz CT molecular complexity index is 589. The van der Waals surface area contributed by atoms with Gasteiger partial charge in [-0.15, -0.1) is 0 Å². The topological polar surface area (TPSA) is 52.1 Å². The summed E-state index contributed by atoms with van der Waals surface area (Å²) in [5.41, 5.74) is 0.914. The third kappa shape index (κ3) is 2.03. The first-order chi connectivity index (χ1) is 8.17. The molecule has 0 bridgehead atoms. The van der Waals surface area contributed by atoms with Crippen molar-refractivity contribution in [3.8, 4) is 22.9 Å². The molecule has 1 N–H and O–H groups in total. The van der Waals surface area contributed by atoms with Crippen LogP contribution in [0.4, 0.5) is 0 Å². The van der Waals surface area contributed by atoms with E-state index < -0.39 is 0 Å². The second-order valence-corrected chi connectivity index (χ2v) is 3.87. The molecule has 0 spiro atoms. The number of hydrogen-bond acceptors (Lipinski definition) is 4. The second-order valence-electron chi connectivity index (χ2n) is 3.48. The van der Waals surface area contributed by atoms with Gasteiger partial charge in [0.1, 0.15) is 0 Å². The number of hydrogen-bond donors (Lipinski definition) is 1. The Hall–Kier alpha value is -1.82. The van der Waals surface area contributed by atoms with Crippen molar-refractivity contribution in [3.05, 3.63) is 23.0 Å². The van der Waals surface area contributed by atoms with Crippen LogP contribution in [0.1, 0.15) is 0 Å². The van der Waals surface area contributed by atoms with Crippen LogP contribution in [0.25, 0.3) is 11.4 Å². The van der Waals surface area contributed by atoms with E-state index in [-0.39, 0.29) is 0 Å². The molecule has 1 aromatic carbocycles. The average Bonchev–Trinajstić information content (AvgIpc) is 2.69. The van der Waals surface area contributed by atoms with Crippen molar-refractivity contribution in [3.63, 3.8) is 0 Å². The van der Waals surface area contributed by atoms with Crippen molar-refractivity contribution in [2.45, 2.75) is 0 Å².